The lowest BCUT2D eigenvalue weighted by Crippen LogP contribution is -2.31. The molecule has 0 radical (unpaired) electrons. The second-order valence-corrected chi connectivity index (χ2v) is 11.5. The van der Waals surface area contributed by atoms with Gasteiger partial charge in [-0.2, -0.15) is 13.2 Å². The number of pyridine rings is 2. The lowest BCUT2D eigenvalue weighted by molar-refractivity contribution is -0.153. The fraction of sp³-hybridized carbons (Fsp3) is 0.206. The molecule has 0 fully saturated rings. The van der Waals surface area contributed by atoms with Crippen LogP contribution in [0.25, 0.3) is 22.2 Å². The number of carbonyl (C=O) groups excluding carboxylic acids is 1. The molecule has 3 heterocycles. The van der Waals surface area contributed by atoms with Crippen molar-refractivity contribution in [2.75, 3.05) is 0 Å². The quantitative estimate of drug-likeness (QED) is 0.175. The summed E-state index contributed by atoms with van der Waals surface area (Å²) in [6.45, 7) is 8.90. The first-order valence-electron chi connectivity index (χ1n) is 13.7. The predicted molar refractivity (Wildman–Crippen MR) is 163 cm³/mol. The summed E-state index contributed by atoms with van der Waals surface area (Å²) in [5, 5.41) is 10.5. The molecule has 0 aliphatic heterocycles. The molecule has 3 aromatic heterocycles. The van der Waals surface area contributed by atoms with E-state index in [4.69, 9.17) is 16.0 Å². The Hall–Kier alpha value is -4.63. The summed E-state index contributed by atoms with van der Waals surface area (Å²) in [5.74, 6) is -1.60. The Morgan fingerprint density at radius 2 is 1.75 bits per heavy atom. The summed E-state index contributed by atoms with van der Waals surface area (Å²) in [7, 11) is 0. The molecule has 5 aromatic rings. The number of fused-ring (bicyclic) bond motifs is 1. The Balaban J connectivity index is 1.51. The first-order valence-corrected chi connectivity index (χ1v) is 14.1. The van der Waals surface area contributed by atoms with Gasteiger partial charge in [-0.3, -0.25) is 14.8 Å². The number of benzene rings is 2. The van der Waals surface area contributed by atoms with Gasteiger partial charge < -0.3 is 14.4 Å². The minimum Gasteiger partial charge on any atom is -0.512 e. The van der Waals surface area contributed by atoms with Gasteiger partial charge in [0.1, 0.15) is 11.3 Å². The maximum Gasteiger partial charge on any atom is 0.449 e. The monoisotopic (exact) mass is 619 g/mol. The summed E-state index contributed by atoms with van der Waals surface area (Å²) in [4.78, 5) is 24.2. The van der Waals surface area contributed by atoms with E-state index in [1.807, 2.05) is 44.2 Å². The van der Waals surface area contributed by atoms with Gasteiger partial charge in [-0.1, -0.05) is 54.6 Å². The summed E-state index contributed by atoms with van der Waals surface area (Å²) >= 11 is 6.76. The van der Waals surface area contributed by atoms with Crippen molar-refractivity contribution in [2.45, 2.75) is 45.5 Å². The normalized spacial score (nSPS) is 12.0. The second-order valence-electron chi connectivity index (χ2n) is 11.1. The van der Waals surface area contributed by atoms with Crippen LogP contribution in [0.4, 0.5) is 13.2 Å². The third-order valence-corrected chi connectivity index (χ3v) is 8.01. The number of rotatable bonds is 8. The zero-order valence-electron chi connectivity index (χ0n) is 24.2. The lowest BCUT2D eigenvalue weighted by atomic mass is 9.82. The van der Waals surface area contributed by atoms with Crippen LogP contribution in [0, 0.1) is 6.92 Å². The number of halogens is 4. The van der Waals surface area contributed by atoms with E-state index in [0.29, 0.717) is 27.2 Å². The molecule has 0 spiro atoms. The average molecular weight is 620 g/mol. The van der Waals surface area contributed by atoms with E-state index in [0.717, 1.165) is 22.8 Å². The molecule has 0 bridgehead atoms. The van der Waals surface area contributed by atoms with Gasteiger partial charge in [0.05, 0.1) is 23.4 Å². The molecule has 0 atom stereocenters. The molecule has 0 aliphatic rings. The molecule has 0 saturated heterocycles. The highest BCUT2D eigenvalue weighted by Crippen LogP contribution is 2.35. The van der Waals surface area contributed by atoms with Crippen molar-refractivity contribution >= 4 is 28.5 Å². The Labute approximate surface area is 257 Å². The molecule has 226 valence electrons. The van der Waals surface area contributed by atoms with Crippen LogP contribution in [0.2, 0.25) is 5.02 Å². The molecular formula is C34H29ClF3N3O3. The van der Waals surface area contributed by atoms with Crippen molar-refractivity contribution in [3.63, 3.8) is 0 Å². The third-order valence-electron chi connectivity index (χ3n) is 7.66. The number of aliphatic hydroxyl groups excluding tert-OH is 1. The minimum atomic E-state index is -4.66. The zero-order valence-corrected chi connectivity index (χ0v) is 25.0. The molecular weight excluding hydrogens is 591 g/mol. The average Bonchev–Trinajstić information content (AvgIpc) is 3.47. The number of hydrogen-bond donors (Lipinski definition) is 1. The fourth-order valence-electron chi connectivity index (χ4n) is 4.86. The highest BCUT2D eigenvalue weighted by Gasteiger charge is 2.35. The third kappa shape index (κ3) is 6.19. The van der Waals surface area contributed by atoms with Gasteiger partial charge in [0.15, 0.2) is 0 Å². The van der Waals surface area contributed by atoms with Crippen LogP contribution in [0.3, 0.4) is 0 Å². The van der Waals surface area contributed by atoms with Crippen LogP contribution in [0.15, 0.2) is 95.9 Å². The number of hydrogen-bond acceptors (Lipinski definition) is 5. The van der Waals surface area contributed by atoms with E-state index >= 15 is 0 Å². The number of alkyl halides is 3. The van der Waals surface area contributed by atoms with E-state index in [2.05, 4.69) is 16.5 Å². The summed E-state index contributed by atoms with van der Waals surface area (Å²) < 4.78 is 44.9. The second kappa shape index (κ2) is 11.8. The Kier molecular flexibility index (Phi) is 8.27. The Bertz CT molecular complexity index is 1880. The minimum absolute atomic E-state index is 0.0203. The fourth-order valence-corrected chi connectivity index (χ4v) is 5.10. The van der Waals surface area contributed by atoms with Crippen LogP contribution in [0.5, 0.6) is 0 Å². The molecule has 2 aromatic carbocycles. The van der Waals surface area contributed by atoms with Crippen molar-refractivity contribution in [2.24, 2.45) is 0 Å². The van der Waals surface area contributed by atoms with Gasteiger partial charge >= 0.3 is 6.18 Å². The molecule has 6 nitrogen and oxygen atoms in total. The topological polar surface area (TPSA) is 79.5 Å². The maximum atomic E-state index is 14.1. The number of carbonyl (C=O) groups is 1. The predicted octanol–water partition coefficient (Wildman–Crippen LogP) is 9.06. The lowest BCUT2D eigenvalue weighted by Gasteiger charge is -2.25. The Morgan fingerprint density at radius 1 is 1.00 bits per heavy atom. The molecule has 10 heteroatoms. The number of aryl methyl sites for hydroxylation is 1. The molecule has 0 saturated carbocycles. The molecule has 1 N–H and O–H groups in total. The van der Waals surface area contributed by atoms with Crippen LogP contribution in [-0.4, -0.2) is 25.9 Å². The molecule has 44 heavy (non-hydrogen) atoms. The SMILES string of the molecule is C=C(O)C(C)(C)c1cccc(-c2ccc(CN(Cc3ccc(C(F)(F)F)o3)C(=O)c3c(C)cnc4cccnc34)c(Cl)c2)c1. The summed E-state index contributed by atoms with van der Waals surface area (Å²) in [6, 6.07) is 18.5. The van der Waals surface area contributed by atoms with Gasteiger partial charge in [-0.15, -0.1) is 0 Å². The molecule has 1 amide bonds. The van der Waals surface area contributed by atoms with Crippen molar-refractivity contribution in [3.8, 4) is 11.1 Å². The van der Waals surface area contributed by atoms with Gasteiger partial charge in [-0.25, -0.2) is 0 Å². The number of furan rings is 1. The zero-order chi connectivity index (χ0) is 31.8. The first-order chi connectivity index (χ1) is 20.8. The van der Waals surface area contributed by atoms with Crippen molar-refractivity contribution in [1.82, 2.24) is 14.9 Å². The highest BCUT2D eigenvalue weighted by atomic mass is 35.5. The highest BCUT2D eigenvalue weighted by molar-refractivity contribution is 6.31. The van der Waals surface area contributed by atoms with Crippen molar-refractivity contribution in [1.29, 1.82) is 0 Å². The number of aliphatic hydroxyl groups is 1. The maximum absolute atomic E-state index is 14.1. The van der Waals surface area contributed by atoms with Gasteiger partial charge in [0.25, 0.3) is 5.91 Å². The van der Waals surface area contributed by atoms with E-state index in [1.54, 1.807) is 43.6 Å². The van der Waals surface area contributed by atoms with Crippen LogP contribution in [-0.2, 0) is 24.7 Å². The van der Waals surface area contributed by atoms with Gasteiger partial charge in [0.2, 0.25) is 5.76 Å². The summed E-state index contributed by atoms with van der Waals surface area (Å²) in [5.41, 5.74) is 4.19. The molecule has 0 aliphatic carbocycles. The number of amides is 1. The van der Waals surface area contributed by atoms with Gasteiger partial charge in [0, 0.05) is 29.4 Å². The van der Waals surface area contributed by atoms with Crippen LogP contribution >= 0.6 is 11.6 Å². The van der Waals surface area contributed by atoms with E-state index in [-0.39, 0.29) is 30.2 Å². The molecule has 0 unspecified atom stereocenters. The van der Waals surface area contributed by atoms with E-state index < -0.39 is 23.3 Å². The standard InChI is InChI=1S/C34H29ClF3N3O3/c1-20-17-40-28-9-6-14-39-31(28)30(20)32(43)41(19-26-12-13-29(44-26)34(36,37)38)18-24-11-10-23(16-27(24)35)22-7-5-8-25(15-22)33(3,4)21(2)42/h5-17,42H,2,18-19H2,1,3-4H3. The number of nitrogens with zero attached hydrogens (tertiary/aromatic N) is 3. The van der Waals surface area contributed by atoms with E-state index in [1.165, 1.54) is 11.0 Å². The van der Waals surface area contributed by atoms with E-state index in [9.17, 15) is 23.1 Å². The number of allylic oxidation sites excluding steroid dienone is 1. The van der Waals surface area contributed by atoms with Crippen LogP contribution in [0.1, 0.15) is 52.4 Å². The molecule has 5 rings (SSSR count). The van der Waals surface area contributed by atoms with Gasteiger partial charge in [-0.05, 0) is 78.9 Å². The smallest absolute Gasteiger partial charge is 0.449 e. The Morgan fingerprint density at radius 3 is 2.43 bits per heavy atom. The summed E-state index contributed by atoms with van der Waals surface area (Å²) in [6.07, 6.45) is -1.55. The first kappa shape index (κ1) is 30.8. The van der Waals surface area contributed by atoms with Crippen molar-refractivity contribution in [3.05, 3.63) is 130 Å². The number of aromatic nitrogens is 2. The largest absolute Gasteiger partial charge is 0.512 e. The van der Waals surface area contributed by atoms with Crippen molar-refractivity contribution < 1.29 is 27.5 Å². The van der Waals surface area contributed by atoms with Crippen LogP contribution < -0.4 is 0 Å².